The van der Waals surface area contributed by atoms with Crippen LogP contribution in [0.3, 0.4) is 0 Å². The van der Waals surface area contributed by atoms with Gasteiger partial charge in [0.05, 0.1) is 16.6 Å². The largest absolute Gasteiger partial charge is 0.457 e. The van der Waals surface area contributed by atoms with Crippen molar-refractivity contribution in [2.45, 2.75) is 19.8 Å². The minimum atomic E-state index is -0.443. The predicted octanol–water partition coefficient (Wildman–Crippen LogP) is 5.40. The van der Waals surface area contributed by atoms with Crippen molar-refractivity contribution in [3.63, 3.8) is 0 Å². The minimum absolute atomic E-state index is 0.0404. The van der Waals surface area contributed by atoms with Gasteiger partial charge in [0.1, 0.15) is 11.5 Å². The van der Waals surface area contributed by atoms with Gasteiger partial charge >= 0.3 is 0 Å². The Kier molecular flexibility index (Phi) is 7.38. The molecule has 8 nitrogen and oxygen atoms in total. The number of carbonyl (C=O) groups excluding carboxylic acids is 1. The average molecular weight is 430 g/mol. The van der Waals surface area contributed by atoms with Crippen molar-refractivity contribution in [1.82, 2.24) is 0 Å². The maximum absolute atomic E-state index is 12.3. The Balaban J connectivity index is 1.45. The van der Waals surface area contributed by atoms with Crippen LogP contribution in [0, 0.1) is 28.4 Å². The number of rotatable bonds is 9. The highest BCUT2D eigenvalue weighted by atomic mass is 16.6. The number of ether oxygens (including phenoxy) is 1. The number of nitro benzene ring substituents is 1. The van der Waals surface area contributed by atoms with Gasteiger partial charge in [-0.1, -0.05) is 0 Å². The number of nitrogens with zero attached hydrogens (tertiary/aromatic N) is 2. The summed E-state index contributed by atoms with van der Waals surface area (Å²) in [6.07, 6.45) is 0.949. The summed E-state index contributed by atoms with van der Waals surface area (Å²) in [5.74, 6) is 1.16. The number of nitriles is 1. The summed E-state index contributed by atoms with van der Waals surface area (Å²) in [7, 11) is 0. The van der Waals surface area contributed by atoms with E-state index in [0.29, 0.717) is 42.1 Å². The highest BCUT2D eigenvalue weighted by molar-refractivity contribution is 5.91. The second kappa shape index (κ2) is 10.6. The van der Waals surface area contributed by atoms with E-state index in [-0.39, 0.29) is 11.6 Å². The van der Waals surface area contributed by atoms with Gasteiger partial charge in [-0.2, -0.15) is 5.26 Å². The third-order valence-electron chi connectivity index (χ3n) is 4.68. The van der Waals surface area contributed by atoms with Crippen LogP contribution < -0.4 is 15.4 Å². The molecule has 8 heteroatoms. The Morgan fingerprint density at radius 1 is 1.06 bits per heavy atom. The third-order valence-corrected chi connectivity index (χ3v) is 4.68. The Hall–Kier alpha value is -4.38. The Labute approximate surface area is 185 Å². The number of amides is 1. The molecule has 0 atom stereocenters. The van der Waals surface area contributed by atoms with Gasteiger partial charge < -0.3 is 15.4 Å². The number of non-ortho nitro benzene ring substituents is 1. The molecule has 0 aromatic heterocycles. The van der Waals surface area contributed by atoms with Crippen LogP contribution in [0.25, 0.3) is 0 Å². The van der Waals surface area contributed by atoms with E-state index in [9.17, 15) is 14.9 Å². The number of nitrogens with one attached hydrogen (secondary N) is 2. The van der Waals surface area contributed by atoms with E-state index in [1.165, 1.54) is 12.1 Å². The Bertz CT molecular complexity index is 1140. The molecule has 32 heavy (non-hydrogen) atoms. The number of benzene rings is 3. The van der Waals surface area contributed by atoms with Crippen LogP contribution in [0.5, 0.6) is 11.5 Å². The van der Waals surface area contributed by atoms with Crippen LogP contribution in [-0.4, -0.2) is 17.4 Å². The fourth-order valence-electron chi connectivity index (χ4n) is 2.97. The first-order valence-corrected chi connectivity index (χ1v) is 10.0. The summed E-state index contributed by atoms with van der Waals surface area (Å²) >= 11 is 0. The smallest absolute Gasteiger partial charge is 0.269 e. The van der Waals surface area contributed by atoms with Crippen LogP contribution >= 0.6 is 0 Å². The lowest BCUT2D eigenvalue weighted by Gasteiger charge is -2.12. The lowest BCUT2D eigenvalue weighted by Crippen LogP contribution is -2.14. The minimum Gasteiger partial charge on any atom is -0.457 e. The molecule has 0 aliphatic rings. The van der Waals surface area contributed by atoms with Crippen molar-refractivity contribution >= 4 is 23.0 Å². The van der Waals surface area contributed by atoms with Gasteiger partial charge in [0.2, 0.25) is 5.91 Å². The van der Waals surface area contributed by atoms with Crippen LogP contribution in [0.15, 0.2) is 66.7 Å². The lowest BCUT2D eigenvalue weighted by atomic mass is 10.1. The summed E-state index contributed by atoms with van der Waals surface area (Å²) in [6, 6.07) is 20.5. The molecular formula is C24H22N4O4. The highest BCUT2D eigenvalue weighted by Crippen LogP contribution is 2.26. The number of aryl methyl sites for hydroxylation is 1. The van der Waals surface area contributed by atoms with Crippen molar-refractivity contribution in [2.24, 2.45) is 0 Å². The van der Waals surface area contributed by atoms with Crippen LogP contribution in [-0.2, 0) is 4.79 Å². The zero-order valence-electron chi connectivity index (χ0n) is 17.5. The van der Waals surface area contributed by atoms with Crippen LogP contribution in [0.1, 0.15) is 24.0 Å². The number of hydrogen-bond donors (Lipinski definition) is 2. The van der Waals surface area contributed by atoms with E-state index in [1.54, 1.807) is 48.5 Å². The summed E-state index contributed by atoms with van der Waals surface area (Å²) in [4.78, 5) is 22.5. The first-order valence-electron chi connectivity index (χ1n) is 10.0. The molecule has 0 aliphatic carbocycles. The molecule has 0 saturated heterocycles. The lowest BCUT2D eigenvalue weighted by molar-refractivity contribution is -0.384. The number of carbonyl (C=O) groups is 1. The van der Waals surface area contributed by atoms with Gasteiger partial charge in [-0.15, -0.1) is 0 Å². The standard InChI is InChI=1S/C24H22N4O4/c1-17-15-22(32-21-10-4-18(16-25)5-11-21)12-13-23(17)27-24(29)3-2-14-26-19-6-8-20(9-7-19)28(30)31/h4-13,15,26H,2-3,14H2,1H3,(H,27,29). The zero-order valence-corrected chi connectivity index (χ0v) is 17.5. The molecule has 0 aliphatic heterocycles. The van der Waals surface area contributed by atoms with E-state index < -0.39 is 4.92 Å². The Morgan fingerprint density at radius 2 is 1.75 bits per heavy atom. The average Bonchev–Trinajstić information content (AvgIpc) is 2.79. The van der Waals surface area contributed by atoms with Crippen LogP contribution in [0.2, 0.25) is 0 Å². The molecule has 0 fully saturated rings. The highest BCUT2D eigenvalue weighted by Gasteiger charge is 2.08. The maximum Gasteiger partial charge on any atom is 0.269 e. The quantitative estimate of drug-likeness (QED) is 0.267. The van der Waals surface area contributed by atoms with E-state index >= 15 is 0 Å². The summed E-state index contributed by atoms with van der Waals surface area (Å²) in [6.45, 7) is 2.46. The predicted molar refractivity (Wildman–Crippen MR) is 122 cm³/mol. The van der Waals surface area contributed by atoms with Crippen molar-refractivity contribution in [1.29, 1.82) is 5.26 Å². The first-order chi connectivity index (χ1) is 15.4. The molecule has 1 amide bonds. The van der Waals surface area contributed by atoms with E-state index in [0.717, 1.165) is 11.3 Å². The molecule has 0 radical (unpaired) electrons. The van der Waals surface area contributed by atoms with E-state index in [4.69, 9.17) is 10.00 Å². The molecule has 0 spiro atoms. The topological polar surface area (TPSA) is 117 Å². The number of nitro groups is 1. The summed E-state index contributed by atoms with van der Waals surface area (Å²) in [5, 5.41) is 25.6. The van der Waals surface area contributed by atoms with E-state index in [1.807, 2.05) is 13.0 Å². The fraction of sp³-hybridized carbons (Fsp3) is 0.167. The molecule has 3 aromatic rings. The molecule has 3 aromatic carbocycles. The molecule has 162 valence electrons. The van der Waals surface area contributed by atoms with Gasteiger partial charge in [-0.25, -0.2) is 0 Å². The van der Waals surface area contributed by atoms with Crippen LogP contribution in [0.4, 0.5) is 17.1 Å². The summed E-state index contributed by atoms with van der Waals surface area (Å²) < 4.78 is 5.79. The molecule has 2 N–H and O–H groups in total. The molecule has 0 unspecified atom stereocenters. The van der Waals surface area contributed by atoms with Crippen molar-refractivity contribution < 1.29 is 14.5 Å². The maximum atomic E-state index is 12.3. The zero-order chi connectivity index (χ0) is 22.9. The van der Waals surface area contributed by atoms with Crippen molar-refractivity contribution in [2.75, 3.05) is 17.2 Å². The summed E-state index contributed by atoms with van der Waals surface area (Å²) in [5.41, 5.74) is 2.96. The first kappa shape index (κ1) is 22.3. The van der Waals surface area contributed by atoms with Gasteiger partial charge in [0.15, 0.2) is 0 Å². The van der Waals surface area contributed by atoms with Gasteiger partial charge in [-0.3, -0.25) is 14.9 Å². The molecule has 0 bridgehead atoms. The molecule has 0 saturated carbocycles. The Morgan fingerprint density at radius 3 is 2.38 bits per heavy atom. The molecular weight excluding hydrogens is 408 g/mol. The number of hydrogen-bond acceptors (Lipinski definition) is 6. The van der Waals surface area contributed by atoms with Crippen molar-refractivity contribution in [3.8, 4) is 17.6 Å². The van der Waals surface area contributed by atoms with Gasteiger partial charge in [0.25, 0.3) is 5.69 Å². The van der Waals surface area contributed by atoms with Crippen molar-refractivity contribution in [3.05, 3.63) is 88.0 Å². The molecule has 0 heterocycles. The second-order valence-corrected chi connectivity index (χ2v) is 7.10. The number of anilines is 2. The fourth-order valence-corrected chi connectivity index (χ4v) is 2.97. The molecule has 3 rings (SSSR count). The monoisotopic (exact) mass is 430 g/mol. The van der Waals surface area contributed by atoms with Gasteiger partial charge in [-0.05, 0) is 73.5 Å². The van der Waals surface area contributed by atoms with E-state index in [2.05, 4.69) is 16.7 Å². The SMILES string of the molecule is Cc1cc(Oc2ccc(C#N)cc2)ccc1NC(=O)CCCNc1ccc([N+](=O)[O-])cc1. The normalized spacial score (nSPS) is 10.1. The van der Waals surface area contributed by atoms with Gasteiger partial charge in [0, 0.05) is 36.5 Å². The second-order valence-electron chi connectivity index (χ2n) is 7.10. The third kappa shape index (κ3) is 6.31.